The monoisotopic (exact) mass is 756 g/mol. The highest BCUT2D eigenvalue weighted by molar-refractivity contribution is 6.10. The SMILES string of the molecule is c1ccc2c3cc(cc2c1)OCCOCCOCCOc1ccc2ccccc2c1-c1c(ccc2ccccc12)OCCOCCOc1ccc2ccccc2c1-3. The summed E-state index contributed by atoms with van der Waals surface area (Å²) in [5.74, 6) is 3.09. The van der Waals surface area contributed by atoms with E-state index in [2.05, 4.69) is 140 Å². The fourth-order valence-corrected chi connectivity index (χ4v) is 7.76. The van der Waals surface area contributed by atoms with E-state index in [1.54, 1.807) is 0 Å². The van der Waals surface area contributed by atoms with Crippen molar-refractivity contribution in [2.24, 2.45) is 0 Å². The Kier molecular flexibility index (Phi) is 11.1. The highest BCUT2D eigenvalue weighted by atomic mass is 16.6. The summed E-state index contributed by atoms with van der Waals surface area (Å²) >= 11 is 0. The van der Waals surface area contributed by atoms with Crippen molar-refractivity contribution in [3.05, 3.63) is 146 Å². The molecule has 9 rings (SSSR count). The van der Waals surface area contributed by atoms with Gasteiger partial charge in [0.05, 0.1) is 39.6 Å². The molecule has 8 aromatic carbocycles. The second-order valence-corrected chi connectivity index (χ2v) is 13.9. The first kappa shape index (κ1) is 36.5. The lowest BCUT2D eigenvalue weighted by molar-refractivity contribution is 0.0274. The summed E-state index contributed by atoms with van der Waals surface area (Å²) < 4.78 is 43.9. The van der Waals surface area contributed by atoms with Gasteiger partial charge in [-0.05, 0) is 79.0 Å². The highest BCUT2D eigenvalue weighted by Crippen LogP contribution is 2.46. The minimum atomic E-state index is 0.363. The van der Waals surface area contributed by atoms with Gasteiger partial charge in [-0.25, -0.2) is 0 Å². The van der Waals surface area contributed by atoms with Gasteiger partial charge in [0, 0.05) is 16.7 Å². The molecule has 0 amide bonds. The Balaban J connectivity index is 1.02. The molecule has 2 bridgehead atoms. The van der Waals surface area contributed by atoms with Gasteiger partial charge in [0.25, 0.3) is 0 Å². The molecule has 0 spiro atoms. The van der Waals surface area contributed by atoms with E-state index in [-0.39, 0.29) is 0 Å². The maximum atomic E-state index is 6.56. The van der Waals surface area contributed by atoms with Crippen LogP contribution in [0.1, 0.15) is 0 Å². The van der Waals surface area contributed by atoms with E-state index in [1.165, 1.54) is 0 Å². The maximum absolute atomic E-state index is 6.56. The molecular weight excluding hydrogens is 713 g/mol. The molecule has 0 radical (unpaired) electrons. The minimum absolute atomic E-state index is 0.363. The van der Waals surface area contributed by atoms with Gasteiger partial charge in [0.2, 0.25) is 0 Å². The number of ether oxygens (including phenoxy) is 7. The molecule has 286 valence electrons. The first-order valence-electron chi connectivity index (χ1n) is 19.6. The Morgan fingerprint density at radius 1 is 0.281 bits per heavy atom. The third-order valence-corrected chi connectivity index (χ3v) is 10.4. The summed E-state index contributed by atoms with van der Waals surface area (Å²) in [6.07, 6.45) is 0. The van der Waals surface area contributed by atoms with Crippen LogP contribution in [0.3, 0.4) is 0 Å². The molecule has 0 fully saturated rings. The zero-order chi connectivity index (χ0) is 38.2. The van der Waals surface area contributed by atoms with Crippen molar-refractivity contribution in [1.29, 1.82) is 0 Å². The molecule has 8 aromatic rings. The van der Waals surface area contributed by atoms with Crippen molar-refractivity contribution < 1.29 is 33.2 Å². The number of hydrogen-bond acceptors (Lipinski definition) is 7. The predicted molar refractivity (Wildman–Crippen MR) is 228 cm³/mol. The van der Waals surface area contributed by atoms with E-state index in [0.717, 1.165) is 88.3 Å². The molecule has 1 aliphatic heterocycles. The second kappa shape index (κ2) is 17.3. The average Bonchev–Trinajstić information content (AvgIpc) is 3.26. The van der Waals surface area contributed by atoms with Crippen LogP contribution in [-0.2, 0) is 14.2 Å². The Bertz CT molecular complexity index is 2650. The fraction of sp³-hybridized carbons (Fsp3) is 0.200. The summed E-state index contributed by atoms with van der Waals surface area (Å²) in [4.78, 5) is 0. The van der Waals surface area contributed by atoms with Gasteiger partial charge in [0.1, 0.15) is 49.4 Å². The molecule has 0 aliphatic carbocycles. The van der Waals surface area contributed by atoms with E-state index in [4.69, 9.17) is 33.2 Å². The van der Waals surface area contributed by atoms with Crippen LogP contribution in [0.2, 0.25) is 0 Å². The normalized spacial score (nSPS) is 15.0. The summed E-state index contributed by atoms with van der Waals surface area (Å²) in [5.41, 5.74) is 4.04. The van der Waals surface area contributed by atoms with Gasteiger partial charge in [-0.2, -0.15) is 0 Å². The summed E-state index contributed by atoms with van der Waals surface area (Å²) in [7, 11) is 0. The minimum Gasteiger partial charge on any atom is -0.491 e. The van der Waals surface area contributed by atoms with Gasteiger partial charge < -0.3 is 33.2 Å². The summed E-state index contributed by atoms with van der Waals surface area (Å²) in [6, 6.07) is 50.3. The van der Waals surface area contributed by atoms with Crippen LogP contribution in [0.25, 0.3) is 65.3 Å². The lowest BCUT2D eigenvalue weighted by atomic mass is 9.92. The van der Waals surface area contributed by atoms with Gasteiger partial charge in [0.15, 0.2) is 0 Å². The zero-order valence-corrected chi connectivity index (χ0v) is 31.8. The van der Waals surface area contributed by atoms with E-state index in [0.29, 0.717) is 66.1 Å². The van der Waals surface area contributed by atoms with Crippen LogP contribution >= 0.6 is 0 Å². The molecule has 0 atom stereocenters. The molecule has 1 aliphatic rings. The molecule has 7 heteroatoms. The van der Waals surface area contributed by atoms with Gasteiger partial charge in [-0.15, -0.1) is 0 Å². The summed E-state index contributed by atoms with van der Waals surface area (Å²) in [5, 5.41) is 8.85. The first-order valence-corrected chi connectivity index (χ1v) is 19.6. The first-order chi connectivity index (χ1) is 28.3. The Morgan fingerprint density at radius 3 is 1.14 bits per heavy atom. The molecule has 0 saturated heterocycles. The van der Waals surface area contributed by atoms with E-state index in [9.17, 15) is 0 Å². The number of hydrogen-bond donors (Lipinski definition) is 0. The lowest BCUT2D eigenvalue weighted by Crippen LogP contribution is -2.14. The van der Waals surface area contributed by atoms with Crippen LogP contribution in [-0.4, -0.2) is 66.1 Å². The molecule has 0 N–H and O–H groups in total. The second-order valence-electron chi connectivity index (χ2n) is 13.9. The molecule has 1 heterocycles. The average molecular weight is 757 g/mol. The molecule has 57 heavy (non-hydrogen) atoms. The van der Waals surface area contributed by atoms with Gasteiger partial charge in [-0.1, -0.05) is 115 Å². The van der Waals surface area contributed by atoms with Gasteiger partial charge >= 0.3 is 0 Å². The molecule has 7 nitrogen and oxygen atoms in total. The smallest absolute Gasteiger partial charge is 0.128 e. The predicted octanol–water partition coefficient (Wildman–Crippen LogP) is 10.9. The van der Waals surface area contributed by atoms with Crippen molar-refractivity contribution in [1.82, 2.24) is 0 Å². The Hall–Kier alpha value is -6.12. The van der Waals surface area contributed by atoms with Crippen LogP contribution in [0, 0.1) is 0 Å². The quantitative estimate of drug-likeness (QED) is 0.153. The van der Waals surface area contributed by atoms with Crippen LogP contribution < -0.4 is 18.9 Å². The molecule has 0 unspecified atom stereocenters. The van der Waals surface area contributed by atoms with Crippen molar-refractivity contribution in [3.63, 3.8) is 0 Å². The lowest BCUT2D eigenvalue weighted by Gasteiger charge is -2.20. The topological polar surface area (TPSA) is 64.6 Å². The number of benzene rings is 8. The van der Waals surface area contributed by atoms with E-state index >= 15 is 0 Å². The van der Waals surface area contributed by atoms with Crippen LogP contribution in [0.4, 0.5) is 0 Å². The third kappa shape index (κ3) is 7.96. The number of fused-ring (bicyclic) bond motifs is 15. The van der Waals surface area contributed by atoms with Crippen molar-refractivity contribution >= 4 is 43.1 Å². The molecular formula is C50H44O7. The van der Waals surface area contributed by atoms with Gasteiger partial charge in [-0.3, -0.25) is 0 Å². The fourth-order valence-electron chi connectivity index (χ4n) is 7.76. The number of rotatable bonds is 0. The van der Waals surface area contributed by atoms with E-state index < -0.39 is 0 Å². The highest BCUT2D eigenvalue weighted by Gasteiger charge is 2.20. The Labute approximate surface area is 332 Å². The van der Waals surface area contributed by atoms with Crippen LogP contribution in [0.5, 0.6) is 23.0 Å². The van der Waals surface area contributed by atoms with Crippen LogP contribution in [0.15, 0.2) is 146 Å². The van der Waals surface area contributed by atoms with Crippen molar-refractivity contribution in [3.8, 4) is 45.3 Å². The largest absolute Gasteiger partial charge is 0.491 e. The third-order valence-electron chi connectivity index (χ3n) is 10.4. The zero-order valence-electron chi connectivity index (χ0n) is 31.8. The van der Waals surface area contributed by atoms with Crippen molar-refractivity contribution in [2.75, 3.05) is 66.1 Å². The molecule has 0 aromatic heterocycles. The summed E-state index contributed by atoms with van der Waals surface area (Å²) in [6.45, 7) is 4.06. The Morgan fingerprint density at radius 2 is 0.649 bits per heavy atom. The van der Waals surface area contributed by atoms with Crippen molar-refractivity contribution in [2.45, 2.75) is 0 Å². The maximum Gasteiger partial charge on any atom is 0.128 e. The standard InChI is InChI=1S/C50H44O7/c1-6-14-41-35(9-1)17-20-45-48(41)44-34-39(33-38-12-4-5-13-40(38)44)54-29-25-51-23-24-52-26-31-56-46-21-18-36-10-2-7-15-42(36)49(46)50-43-16-8-3-11-37(43)19-22-47(50)57-32-28-53-27-30-55-45/h1-22,33-34H,23-32H2. The molecule has 0 saturated carbocycles. The van der Waals surface area contributed by atoms with E-state index in [1.807, 2.05) is 6.07 Å².